The van der Waals surface area contributed by atoms with Crippen LogP contribution in [-0.4, -0.2) is 42.0 Å². The summed E-state index contributed by atoms with van der Waals surface area (Å²) in [6.07, 6.45) is 4.05. The van der Waals surface area contributed by atoms with Crippen LogP contribution in [0.25, 0.3) is 11.0 Å². The summed E-state index contributed by atoms with van der Waals surface area (Å²) >= 11 is 0. The van der Waals surface area contributed by atoms with Gasteiger partial charge in [-0.05, 0) is 38.0 Å². The van der Waals surface area contributed by atoms with E-state index in [2.05, 4.69) is 50.6 Å². The lowest BCUT2D eigenvalue weighted by molar-refractivity contribution is 0.196. The third-order valence-corrected chi connectivity index (χ3v) is 5.62. The van der Waals surface area contributed by atoms with Gasteiger partial charge in [0.1, 0.15) is 11.3 Å². The van der Waals surface area contributed by atoms with Crippen molar-refractivity contribution in [3.63, 3.8) is 0 Å². The first-order chi connectivity index (χ1) is 14.2. The van der Waals surface area contributed by atoms with Crippen molar-refractivity contribution in [1.29, 1.82) is 0 Å². The zero-order valence-electron chi connectivity index (χ0n) is 17.2. The molecule has 6 nitrogen and oxygen atoms in total. The molecule has 3 heterocycles. The molecule has 0 atom stereocenters. The van der Waals surface area contributed by atoms with Crippen LogP contribution in [0.2, 0.25) is 0 Å². The van der Waals surface area contributed by atoms with Crippen LogP contribution in [0.4, 0.5) is 0 Å². The Kier molecular flexibility index (Phi) is 6.10. The van der Waals surface area contributed by atoms with E-state index in [4.69, 9.17) is 4.42 Å². The summed E-state index contributed by atoms with van der Waals surface area (Å²) in [7, 11) is 1.82. The SMILES string of the molecule is CN=C(NCc1oc2ccccc2c1C)NC1CCN(Cc2ccccn2)CC1. The number of hydrogen-bond acceptors (Lipinski definition) is 4. The maximum Gasteiger partial charge on any atom is 0.191 e. The predicted octanol–water partition coefficient (Wildman–Crippen LogP) is 3.47. The summed E-state index contributed by atoms with van der Waals surface area (Å²) in [6.45, 7) is 5.78. The zero-order valence-corrected chi connectivity index (χ0v) is 17.2. The lowest BCUT2D eigenvalue weighted by Gasteiger charge is -2.32. The summed E-state index contributed by atoms with van der Waals surface area (Å²) < 4.78 is 6.00. The van der Waals surface area contributed by atoms with Gasteiger partial charge in [0.15, 0.2) is 5.96 Å². The molecular weight excluding hydrogens is 362 g/mol. The van der Waals surface area contributed by atoms with E-state index < -0.39 is 0 Å². The smallest absolute Gasteiger partial charge is 0.191 e. The Bertz CT molecular complexity index is 958. The summed E-state index contributed by atoms with van der Waals surface area (Å²) in [5.74, 6) is 1.78. The molecule has 0 saturated carbocycles. The highest BCUT2D eigenvalue weighted by atomic mass is 16.3. The molecule has 3 aromatic rings. The highest BCUT2D eigenvalue weighted by molar-refractivity contribution is 5.83. The Morgan fingerprint density at radius 2 is 1.97 bits per heavy atom. The first kappa shape index (κ1) is 19.5. The molecule has 0 unspecified atom stereocenters. The largest absolute Gasteiger partial charge is 0.459 e. The zero-order chi connectivity index (χ0) is 20.1. The minimum absolute atomic E-state index is 0.429. The fourth-order valence-electron chi connectivity index (χ4n) is 3.90. The van der Waals surface area contributed by atoms with Crippen LogP contribution in [0.5, 0.6) is 0 Å². The van der Waals surface area contributed by atoms with Crippen LogP contribution >= 0.6 is 0 Å². The number of piperidine rings is 1. The molecule has 0 amide bonds. The van der Waals surface area contributed by atoms with Crippen molar-refractivity contribution in [3.05, 3.63) is 65.7 Å². The van der Waals surface area contributed by atoms with E-state index in [1.54, 1.807) is 0 Å². The van der Waals surface area contributed by atoms with Crippen LogP contribution in [0.15, 0.2) is 58.1 Å². The van der Waals surface area contributed by atoms with Crippen LogP contribution in [0.3, 0.4) is 0 Å². The molecule has 1 aliphatic heterocycles. The van der Waals surface area contributed by atoms with Crippen molar-refractivity contribution >= 4 is 16.9 Å². The maximum atomic E-state index is 6.00. The first-order valence-electron chi connectivity index (χ1n) is 10.3. The van der Waals surface area contributed by atoms with Crippen molar-refractivity contribution in [2.45, 2.75) is 38.9 Å². The minimum atomic E-state index is 0.429. The average Bonchev–Trinajstić information content (AvgIpc) is 3.09. The fraction of sp³-hybridized carbons (Fsp3) is 0.391. The molecule has 0 radical (unpaired) electrons. The normalized spacial score (nSPS) is 16.3. The van der Waals surface area contributed by atoms with Gasteiger partial charge in [-0.25, -0.2) is 0 Å². The van der Waals surface area contributed by atoms with Crippen LogP contribution in [-0.2, 0) is 13.1 Å². The number of aromatic nitrogens is 1. The Labute approximate surface area is 172 Å². The highest BCUT2D eigenvalue weighted by Gasteiger charge is 2.20. The number of rotatable bonds is 5. The van der Waals surface area contributed by atoms with Gasteiger partial charge in [0, 0.05) is 49.9 Å². The molecule has 1 aliphatic rings. The monoisotopic (exact) mass is 391 g/mol. The number of likely N-dealkylation sites (tertiary alicyclic amines) is 1. The number of para-hydroxylation sites is 1. The Hall–Kier alpha value is -2.86. The third kappa shape index (κ3) is 4.77. The molecular formula is C23H29N5O. The van der Waals surface area contributed by atoms with Gasteiger partial charge < -0.3 is 15.1 Å². The number of aliphatic imine (C=N–C) groups is 1. The molecule has 1 fully saturated rings. The lowest BCUT2D eigenvalue weighted by atomic mass is 10.0. The molecule has 1 aromatic carbocycles. The van der Waals surface area contributed by atoms with E-state index in [9.17, 15) is 0 Å². The first-order valence-corrected chi connectivity index (χ1v) is 10.3. The van der Waals surface area contributed by atoms with Crippen LogP contribution in [0.1, 0.15) is 29.9 Å². The van der Waals surface area contributed by atoms with E-state index in [0.29, 0.717) is 12.6 Å². The van der Waals surface area contributed by atoms with E-state index in [0.717, 1.165) is 55.5 Å². The number of fused-ring (bicyclic) bond motifs is 1. The highest BCUT2D eigenvalue weighted by Crippen LogP contribution is 2.24. The van der Waals surface area contributed by atoms with Gasteiger partial charge in [0.2, 0.25) is 0 Å². The molecule has 0 spiro atoms. The van der Waals surface area contributed by atoms with Crippen molar-refractivity contribution in [1.82, 2.24) is 20.5 Å². The van der Waals surface area contributed by atoms with Gasteiger partial charge in [-0.2, -0.15) is 0 Å². The second-order valence-electron chi connectivity index (χ2n) is 7.59. The van der Waals surface area contributed by atoms with Crippen molar-refractivity contribution in [2.24, 2.45) is 4.99 Å². The molecule has 0 aliphatic carbocycles. The van der Waals surface area contributed by atoms with Gasteiger partial charge in [-0.15, -0.1) is 0 Å². The number of nitrogens with zero attached hydrogens (tertiary/aromatic N) is 3. The van der Waals surface area contributed by atoms with Crippen LogP contribution in [0, 0.1) is 6.92 Å². The van der Waals surface area contributed by atoms with E-state index in [-0.39, 0.29) is 0 Å². The van der Waals surface area contributed by atoms with Gasteiger partial charge in [0.25, 0.3) is 0 Å². The van der Waals surface area contributed by atoms with E-state index in [1.807, 2.05) is 37.5 Å². The van der Waals surface area contributed by atoms with E-state index in [1.165, 1.54) is 10.9 Å². The van der Waals surface area contributed by atoms with Gasteiger partial charge in [-0.1, -0.05) is 24.3 Å². The standard InChI is InChI=1S/C23H29N5O/c1-17-20-8-3-4-9-21(20)29-22(17)15-26-23(24-2)27-18-10-13-28(14-11-18)16-19-7-5-6-12-25-19/h3-9,12,18H,10-11,13-16H2,1-2H3,(H2,24,26,27). The molecule has 6 heteroatoms. The number of aryl methyl sites for hydroxylation is 1. The lowest BCUT2D eigenvalue weighted by Crippen LogP contribution is -2.48. The maximum absolute atomic E-state index is 6.00. The minimum Gasteiger partial charge on any atom is -0.459 e. The van der Waals surface area contributed by atoms with E-state index >= 15 is 0 Å². The molecule has 1 saturated heterocycles. The number of nitrogens with one attached hydrogen (secondary N) is 2. The summed E-state index contributed by atoms with van der Waals surface area (Å²) in [5.41, 5.74) is 3.26. The number of pyridine rings is 1. The summed E-state index contributed by atoms with van der Waals surface area (Å²) in [5, 5.41) is 8.15. The Balaban J connectivity index is 1.27. The van der Waals surface area contributed by atoms with Crippen molar-refractivity contribution in [3.8, 4) is 0 Å². The predicted molar refractivity (Wildman–Crippen MR) is 117 cm³/mol. The number of benzene rings is 1. The number of furan rings is 1. The second-order valence-corrected chi connectivity index (χ2v) is 7.59. The molecule has 2 N–H and O–H groups in total. The molecule has 4 rings (SSSR count). The van der Waals surface area contributed by atoms with Gasteiger partial charge in [-0.3, -0.25) is 14.9 Å². The molecule has 2 aromatic heterocycles. The molecule has 29 heavy (non-hydrogen) atoms. The quantitative estimate of drug-likeness (QED) is 0.515. The third-order valence-electron chi connectivity index (χ3n) is 5.62. The molecule has 152 valence electrons. The summed E-state index contributed by atoms with van der Waals surface area (Å²) in [6, 6.07) is 14.7. The van der Waals surface area contributed by atoms with Crippen molar-refractivity contribution < 1.29 is 4.42 Å². The van der Waals surface area contributed by atoms with Gasteiger partial charge >= 0.3 is 0 Å². The Morgan fingerprint density at radius 3 is 2.69 bits per heavy atom. The number of guanidine groups is 1. The average molecular weight is 392 g/mol. The number of hydrogen-bond donors (Lipinski definition) is 2. The fourth-order valence-corrected chi connectivity index (χ4v) is 3.90. The van der Waals surface area contributed by atoms with Crippen LogP contribution < -0.4 is 10.6 Å². The summed E-state index contributed by atoms with van der Waals surface area (Å²) in [4.78, 5) is 11.3. The topological polar surface area (TPSA) is 65.7 Å². The van der Waals surface area contributed by atoms with Crippen molar-refractivity contribution in [2.75, 3.05) is 20.1 Å². The second kappa shape index (κ2) is 9.09. The molecule has 0 bridgehead atoms. The Morgan fingerprint density at radius 1 is 1.17 bits per heavy atom. The van der Waals surface area contributed by atoms with Gasteiger partial charge in [0.05, 0.1) is 12.2 Å².